The van der Waals surface area contributed by atoms with Crippen LogP contribution in [0.25, 0.3) is 0 Å². The summed E-state index contributed by atoms with van der Waals surface area (Å²) in [4.78, 5) is 19.5. The number of hydrogen-bond donors (Lipinski definition) is 2. The Bertz CT molecular complexity index is 1290. The highest BCUT2D eigenvalue weighted by molar-refractivity contribution is 6.30. The first-order valence-corrected chi connectivity index (χ1v) is 10.6. The smallest absolute Gasteiger partial charge is 0.231 e. The highest BCUT2D eigenvalue weighted by atomic mass is 35.5. The summed E-state index contributed by atoms with van der Waals surface area (Å²) in [5.74, 6) is -0.0143. The largest absolute Gasteiger partial charge is 0.384 e. The number of nitrogens with zero attached hydrogens (tertiary/aromatic N) is 4. The molecule has 0 spiro atoms. The molecule has 0 radical (unpaired) electrons. The van der Waals surface area contributed by atoms with Crippen LogP contribution in [0.3, 0.4) is 0 Å². The zero-order chi connectivity index (χ0) is 22.2. The van der Waals surface area contributed by atoms with Crippen molar-refractivity contribution in [1.29, 1.82) is 5.26 Å². The third-order valence-corrected chi connectivity index (χ3v) is 6.27. The van der Waals surface area contributed by atoms with Gasteiger partial charge in [0.05, 0.1) is 17.6 Å². The quantitative estimate of drug-likeness (QED) is 0.630. The van der Waals surface area contributed by atoms with Crippen LogP contribution in [0.2, 0.25) is 5.02 Å². The average Bonchev–Trinajstić information content (AvgIpc) is 3.33. The molecule has 1 aliphatic heterocycles. The highest BCUT2D eigenvalue weighted by Gasteiger charge is 2.43. The molecule has 158 valence electrons. The summed E-state index contributed by atoms with van der Waals surface area (Å²) in [6, 6.07) is 19.4. The number of allylic oxidation sites excluding steroid dienone is 3. The van der Waals surface area contributed by atoms with Crippen molar-refractivity contribution in [2.45, 2.75) is 24.7 Å². The zero-order valence-electron chi connectivity index (χ0n) is 17.0. The van der Waals surface area contributed by atoms with Crippen molar-refractivity contribution in [3.63, 3.8) is 0 Å². The van der Waals surface area contributed by atoms with Gasteiger partial charge in [-0.25, -0.2) is 5.10 Å². The van der Waals surface area contributed by atoms with Gasteiger partial charge in [-0.1, -0.05) is 54.1 Å². The summed E-state index contributed by atoms with van der Waals surface area (Å²) in [6.07, 6.45) is 2.29. The number of anilines is 1. The van der Waals surface area contributed by atoms with Crippen LogP contribution in [0.5, 0.6) is 0 Å². The third-order valence-electron chi connectivity index (χ3n) is 6.03. The molecule has 32 heavy (non-hydrogen) atoms. The number of aromatic nitrogens is 3. The Labute approximate surface area is 189 Å². The summed E-state index contributed by atoms with van der Waals surface area (Å²) in [7, 11) is 0. The Balaban J connectivity index is 1.72. The van der Waals surface area contributed by atoms with Gasteiger partial charge < -0.3 is 5.73 Å². The lowest BCUT2D eigenvalue weighted by Gasteiger charge is -2.40. The van der Waals surface area contributed by atoms with Crippen LogP contribution in [0.15, 0.2) is 83.6 Å². The molecule has 5 rings (SSSR count). The van der Waals surface area contributed by atoms with E-state index in [0.717, 1.165) is 16.8 Å². The van der Waals surface area contributed by atoms with Crippen LogP contribution in [0, 0.1) is 11.3 Å². The minimum Gasteiger partial charge on any atom is -0.384 e. The van der Waals surface area contributed by atoms with Crippen LogP contribution >= 0.6 is 11.6 Å². The van der Waals surface area contributed by atoms with E-state index in [4.69, 9.17) is 17.3 Å². The second kappa shape index (κ2) is 7.98. The number of hydrogen-bond acceptors (Lipinski definition) is 6. The minimum atomic E-state index is -0.586. The predicted molar refractivity (Wildman–Crippen MR) is 120 cm³/mol. The van der Waals surface area contributed by atoms with Crippen molar-refractivity contribution >= 4 is 23.3 Å². The summed E-state index contributed by atoms with van der Waals surface area (Å²) in [6.45, 7) is 0. The topological polar surface area (TPSA) is 112 Å². The highest BCUT2D eigenvalue weighted by Crippen LogP contribution is 2.48. The normalized spacial score (nSPS) is 20.9. The molecule has 0 amide bonds. The van der Waals surface area contributed by atoms with Gasteiger partial charge in [0.1, 0.15) is 12.1 Å². The van der Waals surface area contributed by atoms with E-state index in [0.29, 0.717) is 29.4 Å². The van der Waals surface area contributed by atoms with E-state index in [1.807, 2.05) is 42.5 Å². The summed E-state index contributed by atoms with van der Waals surface area (Å²) in [5.41, 5.74) is 9.96. The van der Waals surface area contributed by atoms with E-state index in [1.54, 1.807) is 17.0 Å². The number of nitrogens with two attached hydrogens (primary N) is 1. The van der Waals surface area contributed by atoms with Gasteiger partial charge in [-0.15, -0.1) is 0 Å². The average molecular weight is 443 g/mol. The number of benzene rings is 2. The molecule has 8 heteroatoms. The minimum absolute atomic E-state index is 0.00989. The van der Waals surface area contributed by atoms with Crippen LogP contribution in [0.1, 0.15) is 35.8 Å². The fourth-order valence-corrected chi connectivity index (χ4v) is 4.86. The zero-order valence-corrected chi connectivity index (χ0v) is 17.8. The number of carbonyl (C=O) groups is 1. The van der Waals surface area contributed by atoms with Gasteiger partial charge in [-0.2, -0.15) is 15.3 Å². The molecule has 2 heterocycles. The fraction of sp³-hybridized carbons (Fsp3) is 0.167. The van der Waals surface area contributed by atoms with Crippen LogP contribution in [0.4, 0.5) is 5.95 Å². The monoisotopic (exact) mass is 442 g/mol. The molecule has 3 aromatic rings. The van der Waals surface area contributed by atoms with Gasteiger partial charge in [-0.3, -0.25) is 9.69 Å². The first-order valence-electron chi connectivity index (χ1n) is 10.2. The standard InChI is InChI=1S/C24H19ClN6O/c25-17-8-4-7-15(9-17)21-18(12-26)23(27)31(24-28-13-29-30-24)19-10-16(11-20(32)22(19)21)14-5-2-1-3-6-14/h1-9,13,16,21H,10-11,27H2,(H,28,29,30). The maximum absolute atomic E-state index is 13.6. The molecule has 2 atom stereocenters. The molecular formula is C24H19ClN6O. The van der Waals surface area contributed by atoms with Crippen molar-refractivity contribution in [3.8, 4) is 6.07 Å². The number of ketones is 1. The Hall–Kier alpha value is -3.89. The van der Waals surface area contributed by atoms with Gasteiger partial charge in [0.15, 0.2) is 5.78 Å². The second-order valence-corrected chi connectivity index (χ2v) is 8.28. The second-order valence-electron chi connectivity index (χ2n) is 7.84. The van der Waals surface area contributed by atoms with Crippen molar-refractivity contribution in [3.05, 3.63) is 99.7 Å². The Morgan fingerprint density at radius 1 is 1.12 bits per heavy atom. The van der Waals surface area contributed by atoms with Crippen molar-refractivity contribution in [2.24, 2.45) is 5.73 Å². The summed E-state index contributed by atoms with van der Waals surface area (Å²) in [5, 5.41) is 17.4. The third kappa shape index (κ3) is 3.26. The van der Waals surface area contributed by atoms with E-state index in [1.165, 1.54) is 6.33 Å². The molecule has 1 aromatic heterocycles. The van der Waals surface area contributed by atoms with Gasteiger partial charge in [0.25, 0.3) is 0 Å². The Morgan fingerprint density at radius 2 is 1.91 bits per heavy atom. The van der Waals surface area contributed by atoms with Gasteiger partial charge in [0.2, 0.25) is 5.95 Å². The number of halogens is 1. The molecule has 1 aliphatic carbocycles. The number of aromatic amines is 1. The van der Waals surface area contributed by atoms with E-state index < -0.39 is 5.92 Å². The summed E-state index contributed by atoms with van der Waals surface area (Å²) < 4.78 is 0. The number of rotatable bonds is 3. The van der Waals surface area contributed by atoms with E-state index in [9.17, 15) is 10.1 Å². The maximum Gasteiger partial charge on any atom is 0.231 e. The van der Waals surface area contributed by atoms with Crippen molar-refractivity contribution in [1.82, 2.24) is 15.2 Å². The molecule has 2 aliphatic rings. The Morgan fingerprint density at radius 3 is 2.59 bits per heavy atom. The lowest BCUT2D eigenvalue weighted by atomic mass is 9.72. The fourth-order valence-electron chi connectivity index (χ4n) is 4.66. The van der Waals surface area contributed by atoms with Crippen molar-refractivity contribution < 1.29 is 4.79 Å². The number of nitrogens with one attached hydrogen (secondary N) is 1. The Kier molecular flexibility index (Phi) is 5.00. The molecule has 0 bridgehead atoms. The first-order chi connectivity index (χ1) is 15.6. The first kappa shape index (κ1) is 20.0. The van der Waals surface area contributed by atoms with Gasteiger partial charge >= 0.3 is 0 Å². The SMILES string of the molecule is N#CC1=C(N)N(c2ncn[nH]2)C2=C(C(=O)CC(c3ccccc3)C2)C1c1cccc(Cl)c1. The lowest BCUT2D eigenvalue weighted by Crippen LogP contribution is -2.40. The van der Waals surface area contributed by atoms with Crippen LogP contribution in [-0.4, -0.2) is 21.0 Å². The van der Waals surface area contributed by atoms with E-state index in [-0.39, 0.29) is 23.1 Å². The van der Waals surface area contributed by atoms with Crippen LogP contribution in [-0.2, 0) is 4.79 Å². The predicted octanol–water partition coefficient (Wildman–Crippen LogP) is 4.16. The van der Waals surface area contributed by atoms with E-state index in [2.05, 4.69) is 21.3 Å². The maximum atomic E-state index is 13.6. The molecule has 2 aromatic carbocycles. The van der Waals surface area contributed by atoms with E-state index >= 15 is 0 Å². The van der Waals surface area contributed by atoms with Gasteiger partial charge in [-0.05, 0) is 35.6 Å². The molecule has 3 N–H and O–H groups in total. The molecule has 7 nitrogen and oxygen atoms in total. The lowest BCUT2D eigenvalue weighted by molar-refractivity contribution is -0.116. The molecule has 0 fully saturated rings. The number of carbonyl (C=O) groups excluding carboxylic acids is 1. The number of nitriles is 1. The number of H-pyrrole nitrogens is 1. The molecule has 0 saturated carbocycles. The molecule has 0 saturated heterocycles. The van der Waals surface area contributed by atoms with Crippen LogP contribution < -0.4 is 10.6 Å². The summed E-state index contributed by atoms with van der Waals surface area (Å²) >= 11 is 6.25. The molecule has 2 unspecified atom stereocenters. The van der Waals surface area contributed by atoms with Gasteiger partial charge in [0, 0.05) is 22.7 Å². The number of Topliss-reactive ketones (excluding diaryl/α,β-unsaturated/α-hetero) is 1. The van der Waals surface area contributed by atoms with Crippen molar-refractivity contribution in [2.75, 3.05) is 4.90 Å². The molecular weight excluding hydrogens is 424 g/mol.